The first-order chi connectivity index (χ1) is 9.10. The van der Waals surface area contributed by atoms with Gasteiger partial charge in [-0.1, -0.05) is 24.3 Å². The first-order valence-corrected chi connectivity index (χ1v) is 8.40. The number of rotatable bonds is 4. The van der Waals surface area contributed by atoms with Gasteiger partial charge in [0.15, 0.2) is 0 Å². The Labute approximate surface area is 137 Å². The van der Waals surface area contributed by atoms with Crippen LogP contribution in [0.1, 0.15) is 20.8 Å². The molecule has 1 amide bonds. The van der Waals surface area contributed by atoms with Crippen LogP contribution >= 0.6 is 54.8 Å². The van der Waals surface area contributed by atoms with Crippen molar-refractivity contribution in [1.29, 1.82) is 0 Å². The van der Waals surface area contributed by atoms with Crippen LogP contribution in [-0.2, 0) is 12.4 Å². The van der Waals surface area contributed by atoms with Crippen LogP contribution in [0, 0.1) is 0 Å². The molecule has 1 aromatic heterocycles. The van der Waals surface area contributed by atoms with Crippen molar-refractivity contribution in [2.24, 2.45) is 0 Å². The van der Waals surface area contributed by atoms with E-state index in [-0.39, 0.29) is 5.91 Å². The first-order valence-electron chi connectivity index (χ1n) is 5.47. The molecule has 1 heterocycles. The lowest BCUT2D eigenvalue weighted by Crippen LogP contribution is -2.21. The van der Waals surface area contributed by atoms with Crippen LogP contribution in [0.2, 0.25) is 0 Å². The summed E-state index contributed by atoms with van der Waals surface area (Å²) in [5.41, 5.74) is 2.12. The molecule has 0 radical (unpaired) electrons. The quantitative estimate of drug-likeness (QED) is 0.694. The Bertz CT molecular complexity index is 563. The van der Waals surface area contributed by atoms with Gasteiger partial charge >= 0.3 is 0 Å². The lowest BCUT2D eigenvalue weighted by atomic mass is 10.1. The highest BCUT2D eigenvalue weighted by Crippen LogP contribution is 2.32. The molecule has 2 nitrogen and oxygen atoms in total. The molecule has 0 fully saturated rings. The lowest BCUT2D eigenvalue weighted by molar-refractivity contribution is 0.0955. The van der Waals surface area contributed by atoms with Gasteiger partial charge in [0.25, 0.3) is 5.91 Å². The molecule has 2 aromatic rings. The molecule has 0 aliphatic rings. The zero-order valence-corrected chi connectivity index (χ0v) is 14.5. The molecule has 0 aliphatic heterocycles. The van der Waals surface area contributed by atoms with Gasteiger partial charge < -0.3 is 5.32 Å². The summed E-state index contributed by atoms with van der Waals surface area (Å²) >= 11 is 13.9. The van der Waals surface area contributed by atoms with E-state index in [9.17, 15) is 4.79 Å². The molecule has 19 heavy (non-hydrogen) atoms. The van der Waals surface area contributed by atoms with Gasteiger partial charge in [-0.25, -0.2) is 0 Å². The van der Waals surface area contributed by atoms with Crippen molar-refractivity contribution in [2.75, 3.05) is 0 Å². The highest BCUT2D eigenvalue weighted by Gasteiger charge is 2.11. The Balaban J connectivity index is 1.96. The third kappa shape index (κ3) is 4.05. The minimum atomic E-state index is -0.0715. The molecule has 0 spiro atoms. The summed E-state index contributed by atoms with van der Waals surface area (Å²) in [7, 11) is 0. The van der Waals surface area contributed by atoms with Crippen LogP contribution in [0.15, 0.2) is 38.6 Å². The number of benzene rings is 1. The Kier molecular flexibility index (Phi) is 5.45. The lowest BCUT2D eigenvalue weighted by Gasteiger charge is -2.04. The number of nitrogens with one attached hydrogen (secondary N) is 1. The second-order valence-electron chi connectivity index (χ2n) is 3.87. The molecule has 1 aromatic carbocycles. The smallest absolute Gasteiger partial charge is 0.261 e. The fourth-order valence-electron chi connectivity index (χ4n) is 1.47. The number of amides is 1. The maximum Gasteiger partial charge on any atom is 0.261 e. The summed E-state index contributed by atoms with van der Waals surface area (Å²) < 4.78 is 1.82. The van der Waals surface area contributed by atoms with Crippen LogP contribution in [-0.4, -0.2) is 5.91 Å². The summed E-state index contributed by atoms with van der Waals surface area (Å²) in [4.78, 5) is 12.6. The molecule has 0 bridgehead atoms. The van der Waals surface area contributed by atoms with Crippen LogP contribution in [0.3, 0.4) is 0 Å². The normalized spacial score (nSPS) is 10.5. The van der Waals surface area contributed by atoms with Gasteiger partial charge in [0, 0.05) is 16.9 Å². The van der Waals surface area contributed by atoms with Crippen LogP contribution in [0.5, 0.6) is 0 Å². The first kappa shape index (κ1) is 15.0. The van der Waals surface area contributed by atoms with Gasteiger partial charge in [-0.05, 0) is 49.1 Å². The maximum atomic E-state index is 11.9. The standard InChI is InChI=1S/C13H10Br2ClNOS/c14-10-5-11(19-12(10)15)13(18)17-7-9-3-1-8(6-16)2-4-9/h1-5H,6-7H2,(H,17,18). The summed E-state index contributed by atoms with van der Waals surface area (Å²) in [6.45, 7) is 0.508. The number of halogens is 3. The Morgan fingerprint density at radius 1 is 1.21 bits per heavy atom. The second kappa shape index (κ2) is 6.88. The van der Waals surface area contributed by atoms with Crippen molar-refractivity contribution in [3.63, 3.8) is 0 Å². The van der Waals surface area contributed by atoms with E-state index in [4.69, 9.17) is 11.6 Å². The molecule has 100 valence electrons. The summed E-state index contributed by atoms with van der Waals surface area (Å²) in [5, 5.41) is 2.89. The van der Waals surface area contributed by atoms with E-state index in [2.05, 4.69) is 37.2 Å². The number of hydrogen-bond donors (Lipinski definition) is 1. The Morgan fingerprint density at radius 2 is 1.84 bits per heavy atom. The van der Waals surface area contributed by atoms with Crippen molar-refractivity contribution < 1.29 is 4.79 Å². The fraction of sp³-hybridized carbons (Fsp3) is 0.154. The molecule has 0 unspecified atom stereocenters. The number of carbonyl (C=O) groups excluding carboxylic acids is 1. The molecule has 6 heteroatoms. The van der Waals surface area contributed by atoms with Crippen molar-refractivity contribution in [3.05, 3.63) is 54.6 Å². The topological polar surface area (TPSA) is 29.1 Å². The highest BCUT2D eigenvalue weighted by atomic mass is 79.9. The highest BCUT2D eigenvalue weighted by molar-refractivity contribution is 9.13. The molecule has 0 saturated heterocycles. The van der Waals surface area contributed by atoms with Crippen molar-refractivity contribution in [1.82, 2.24) is 5.32 Å². The molecule has 2 rings (SSSR count). The monoisotopic (exact) mass is 421 g/mol. The predicted octanol–water partition coefficient (Wildman–Crippen LogP) is 4.94. The Morgan fingerprint density at radius 3 is 2.37 bits per heavy atom. The molecular weight excluding hydrogens is 413 g/mol. The van der Waals surface area contributed by atoms with E-state index < -0.39 is 0 Å². The van der Waals surface area contributed by atoms with E-state index >= 15 is 0 Å². The summed E-state index contributed by atoms with van der Waals surface area (Å²) in [6.07, 6.45) is 0. The largest absolute Gasteiger partial charge is 0.347 e. The van der Waals surface area contributed by atoms with Crippen LogP contribution < -0.4 is 5.32 Å². The van der Waals surface area contributed by atoms with Crippen LogP contribution in [0.4, 0.5) is 0 Å². The number of thiophene rings is 1. The predicted molar refractivity (Wildman–Crippen MR) is 86.9 cm³/mol. The number of carbonyl (C=O) groups is 1. The van der Waals surface area contributed by atoms with Gasteiger partial charge in [-0.15, -0.1) is 22.9 Å². The molecule has 1 N–H and O–H groups in total. The van der Waals surface area contributed by atoms with E-state index in [1.807, 2.05) is 24.3 Å². The average Bonchev–Trinajstić information content (AvgIpc) is 2.77. The average molecular weight is 424 g/mol. The molecule has 0 saturated carbocycles. The van der Waals surface area contributed by atoms with E-state index in [1.54, 1.807) is 6.07 Å². The van der Waals surface area contributed by atoms with E-state index in [0.717, 1.165) is 19.4 Å². The van der Waals surface area contributed by atoms with E-state index in [1.165, 1.54) is 11.3 Å². The zero-order chi connectivity index (χ0) is 13.8. The fourth-order valence-corrected chi connectivity index (χ4v) is 3.60. The van der Waals surface area contributed by atoms with Gasteiger partial charge in [0.1, 0.15) is 0 Å². The number of hydrogen-bond acceptors (Lipinski definition) is 2. The van der Waals surface area contributed by atoms with Crippen molar-refractivity contribution >= 4 is 60.7 Å². The van der Waals surface area contributed by atoms with E-state index in [0.29, 0.717) is 17.3 Å². The van der Waals surface area contributed by atoms with Crippen molar-refractivity contribution in [3.8, 4) is 0 Å². The van der Waals surface area contributed by atoms with Gasteiger partial charge in [-0.2, -0.15) is 0 Å². The molecular formula is C13H10Br2ClNOS. The van der Waals surface area contributed by atoms with Crippen LogP contribution in [0.25, 0.3) is 0 Å². The SMILES string of the molecule is O=C(NCc1ccc(CCl)cc1)c1cc(Br)c(Br)s1. The molecule has 0 atom stereocenters. The Hall–Kier alpha value is -0.360. The maximum absolute atomic E-state index is 11.9. The van der Waals surface area contributed by atoms with Gasteiger partial charge in [-0.3, -0.25) is 4.79 Å². The third-order valence-corrected chi connectivity index (χ3v) is 6.06. The minimum absolute atomic E-state index is 0.0715. The summed E-state index contributed by atoms with van der Waals surface area (Å²) in [6, 6.07) is 9.68. The van der Waals surface area contributed by atoms with Gasteiger partial charge in [0.2, 0.25) is 0 Å². The van der Waals surface area contributed by atoms with Crippen molar-refractivity contribution in [2.45, 2.75) is 12.4 Å². The minimum Gasteiger partial charge on any atom is -0.347 e. The molecule has 0 aliphatic carbocycles. The third-order valence-electron chi connectivity index (χ3n) is 2.50. The van der Waals surface area contributed by atoms with Gasteiger partial charge in [0.05, 0.1) is 8.66 Å². The summed E-state index contributed by atoms with van der Waals surface area (Å²) in [5.74, 6) is 0.432. The number of alkyl halides is 1. The second-order valence-corrected chi connectivity index (χ2v) is 7.36. The zero-order valence-electron chi connectivity index (χ0n) is 9.75.